The minimum Gasteiger partial charge on any atom is -0.495 e. The SMILES string of the molecule is COc1ccc(Cl)cc1S(=O)(=O)Nc1ccc(-c2nc3ccccc3[nH]2)cc1. The number of imidazole rings is 1. The van der Waals surface area contributed by atoms with E-state index in [2.05, 4.69) is 14.7 Å². The zero-order valence-corrected chi connectivity index (χ0v) is 16.4. The van der Waals surface area contributed by atoms with Crippen LogP contribution in [0.5, 0.6) is 5.75 Å². The summed E-state index contributed by atoms with van der Waals surface area (Å²) in [4.78, 5) is 7.76. The maximum Gasteiger partial charge on any atom is 0.265 e. The van der Waals surface area contributed by atoms with Gasteiger partial charge in [-0.15, -0.1) is 0 Å². The molecule has 28 heavy (non-hydrogen) atoms. The molecule has 0 aliphatic rings. The number of rotatable bonds is 5. The Kier molecular flexibility index (Phi) is 4.70. The number of aromatic amines is 1. The Morgan fingerprint density at radius 1 is 1.04 bits per heavy atom. The number of sulfonamides is 1. The zero-order chi connectivity index (χ0) is 19.7. The van der Waals surface area contributed by atoms with Crippen molar-refractivity contribution >= 4 is 38.3 Å². The number of benzene rings is 3. The molecular weight excluding hydrogens is 398 g/mol. The Balaban J connectivity index is 1.61. The molecule has 6 nitrogen and oxygen atoms in total. The highest BCUT2D eigenvalue weighted by Crippen LogP contribution is 2.29. The van der Waals surface area contributed by atoms with Crippen molar-refractivity contribution < 1.29 is 13.2 Å². The fourth-order valence-corrected chi connectivity index (χ4v) is 4.35. The largest absolute Gasteiger partial charge is 0.495 e. The Labute approximate surface area is 167 Å². The molecule has 4 rings (SSSR count). The van der Waals surface area contributed by atoms with Gasteiger partial charge in [0.2, 0.25) is 0 Å². The van der Waals surface area contributed by atoms with Crippen molar-refractivity contribution in [2.75, 3.05) is 11.8 Å². The van der Waals surface area contributed by atoms with Crippen LogP contribution in [-0.4, -0.2) is 25.5 Å². The molecule has 1 heterocycles. The fraction of sp³-hybridized carbons (Fsp3) is 0.0500. The lowest BCUT2D eigenvalue weighted by atomic mass is 10.2. The molecule has 0 radical (unpaired) electrons. The number of fused-ring (bicyclic) bond motifs is 1. The smallest absolute Gasteiger partial charge is 0.265 e. The molecule has 0 amide bonds. The predicted octanol–water partition coefficient (Wildman–Crippen LogP) is 4.69. The van der Waals surface area contributed by atoms with E-state index in [9.17, 15) is 8.42 Å². The monoisotopic (exact) mass is 413 g/mol. The van der Waals surface area contributed by atoms with Crippen LogP contribution in [0.25, 0.3) is 22.4 Å². The van der Waals surface area contributed by atoms with Crippen molar-refractivity contribution in [3.63, 3.8) is 0 Å². The Bertz CT molecular complexity index is 1220. The van der Waals surface area contributed by atoms with Gasteiger partial charge >= 0.3 is 0 Å². The molecule has 2 N–H and O–H groups in total. The molecule has 0 unspecified atom stereocenters. The molecule has 1 aromatic heterocycles. The normalized spacial score (nSPS) is 11.5. The maximum absolute atomic E-state index is 12.7. The fourth-order valence-electron chi connectivity index (χ4n) is 2.86. The van der Waals surface area contributed by atoms with E-state index in [0.29, 0.717) is 16.5 Å². The van der Waals surface area contributed by atoms with Gasteiger partial charge < -0.3 is 9.72 Å². The summed E-state index contributed by atoms with van der Waals surface area (Å²) in [6.07, 6.45) is 0. The minimum absolute atomic E-state index is 0.0242. The third kappa shape index (κ3) is 3.54. The molecular formula is C20H16ClN3O3S. The summed E-state index contributed by atoms with van der Waals surface area (Å²) in [6, 6.07) is 19.1. The number of hydrogen-bond donors (Lipinski definition) is 2. The Hall–Kier alpha value is -3.03. The Morgan fingerprint density at radius 3 is 2.50 bits per heavy atom. The molecule has 0 fully saturated rings. The van der Waals surface area contributed by atoms with Gasteiger partial charge in [-0.2, -0.15) is 0 Å². The van der Waals surface area contributed by atoms with Crippen molar-refractivity contribution in [1.82, 2.24) is 9.97 Å². The highest BCUT2D eigenvalue weighted by Gasteiger charge is 2.20. The molecule has 0 aliphatic carbocycles. The average Bonchev–Trinajstić information content (AvgIpc) is 3.12. The maximum atomic E-state index is 12.7. The van der Waals surface area contributed by atoms with E-state index in [4.69, 9.17) is 16.3 Å². The number of para-hydroxylation sites is 2. The van der Waals surface area contributed by atoms with Crippen LogP contribution < -0.4 is 9.46 Å². The van der Waals surface area contributed by atoms with E-state index in [1.54, 1.807) is 30.3 Å². The number of hydrogen-bond acceptors (Lipinski definition) is 4. The lowest BCUT2D eigenvalue weighted by molar-refractivity contribution is 0.403. The van der Waals surface area contributed by atoms with E-state index in [0.717, 1.165) is 16.6 Å². The summed E-state index contributed by atoms with van der Waals surface area (Å²) < 4.78 is 33.2. The first-order valence-corrected chi connectivity index (χ1v) is 10.2. The second-order valence-corrected chi connectivity index (χ2v) is 8.17. The first-order chi connectivity index (χ1) is 13.5. The molecule has 0 spiro atoms. The van der Waals surface area contributed by atoms with E-state index in [1.165, 1.54) is 19.2 Å². The van der Waals surface area contributed by atoms with Gasteiger partial charge in [-0.3, -0.25) is 4.72 Å². The molecule has 8 heteroatoms. The summed E-state index contributed by atoms with van der Waals surface area (Å²) in [5.74, 6) is 0.933. The van der Waals surface area contributed by atoms with E-state index >= 15 is 0 Å². The highest BCUT2D eigenvalue weighted by atomic mass is 35.5. The molecule has 0 saturated carbocycles. The van der Waals surface area contributed by atoms with Crippen molar-refractivity contribution in [3.8, 4) is 17.1 Å². The number of nitrogens with one attached hydrogen (secondary N) is 2. The van der Waals surface area contributed by atoms with Gasteiger partial charge in [-0.25, -0.2) is 13.4 Å². The van der Waals surface area contributed by atoms with Crippen LogP contribution in [0.2, 0.25) is 5.02 Å². The van der Waals surface area contributed by atoms with Gasteiger partial charge in [0.1, 0.15) is 16.5 Å². The number of anilines is 1. The molecule has 0 saturated heterocycles. The van der Waals surface area contributed by atoms with Gasteiger partial charge in [0, 0.05) is 16.3 Å². The third-order valence-electron chi connectivity index (χ3n) is 4.22. The summed E-state index contributed by atoms with van der Waals surface area (Å²) in [5, 5.41) is 0.307. The van der Waals surface area contributed by atoms with Gasteiger partial charge in [-0.1, -0.05) is 23.7 Å². The summed E-state index contributed by atoms with van der Waals surface area (Å²) in [6.45, 7) is 0. The van der Waals surface area contributed by atoms with Gasteiger partial charge in [0.25, 0.3) is 10.0 Å². The molecule has 0 aliphatic heterocycles. The van der Waals surface area contributed by atoms with Crippen LogP contribution in [0.15, 0.2) is 71.6 Å². The number of aromatic nitrogens is 2. The average molecular weight is 414 g/mol. The number of H-pyrrole nitrogens is 1. The van der Waals surface area contributed by atoms with Gasteiger partial charge in [0.05, 0.1) is 18.1 Å². The van der Waals surface area contributed by atoms with E-state index in [-0.39, 0.29) is 10.6 Å². The Morgan fingerprint density at radius 2 is 1.79 bits per heavy atom. The van der Waals surface area contributed by atoms with Crippen molar-refractivity contribution in [1.29, 1.82) is 0 Å². The first-order valence-electron chi connectivity index (χ1n) is 8.38. The van der Waals surface area contributed by atoms with Crippen LogP contribution in [-0.2, 0) is 10.0 Å². The van der Waals surface area contributed by atoms with Crippen molar-refractivity contribution in [2.24, 2.45) is 0 Å². The predicted molar refractivity (Wildman–Crippen MR) is 110 cm³/mol. The first kappa shape index (κ1) is 18.3. The number of methoxy groups -OCH3 is 1. The standard InChI is InChI=1S/C20H16ClN3O3S/c1-27-18-11-8-14(21)12-19(18)28(25,26)24-15-9-6-13(7-10-15)20-22-16-4-2-3-5-17(16)23-20/h2-12,24H,1H3,(H,22,23). The quantitative estimate of drug-likeness (QED) is 0.497. The highest BCUT2D eigenvalue weighted by molar-refractivity contribution is 7.92. The van der Waals surface area contributed by atoms with Crippen LogP contribution in [0, 0.1) is 0 Å². The van der Waals surface area contributed by atoms with Crippen molar-refractivity contribution in [3.05, 3.63) is 71.8 Å². The molecule has 0 bridgehead atoms. The lowest BCUT2D eigenvalue weighted by Gasteiger charge is -2.12. The number of halogens is 1. The lowest BCUT2D eigenvalue weighted by Crippen LogP contribution is -2.14. The minimum atomic E-state index is -3.86. The van der Waals surface area contributed by atoms with Crippen LogP contribution in [0.4, 0.5) is 5.69 Å². The molecule has 142 valence electrons. The van der Waals surface area contributed by atoms with Gasteiger partial charge in [-0.05, 0) is 54.6 Å². The topological polar surface area (TPSA) is 84.1 Å². The van der Waals surface area contributed by atoms with E-state index in [1.807, 2.05) is 24.3 Å². The van der Waals surface area contributed by atoms with Crippen LogP contribution in [0.3, 0.4) is 0 Å². The summed E-state index contributed by atoms with van der Waals surface area (Å²) >= 11 is 5.95. The zero-order valence-electron chi connectivity index (χ0n) is 14.8. The van der Waals surface area contributed by atoms with E-state index < -0.39 is 10.0 Å². The van der Waals surface area contributed by atoms with Crippen LogP contribution >= 0.6 is 11.6 Å². The second kappa shape index (κ2) is 7.18. The molecule has 0 atom stereocenters. The number of ether oxygens (including phenoxy) is 1. The van der Waals surface area contributed by atoms with Crippen molar-refractivity contribution in [2.45, 2.75) is 4.90 Å². The second-order valence-electron chi connectivity index (χ2n) is 6.08. The number of nitrogens with zero attached hydrogens (tertiary/aromatic N) is 1. The summed E-state index contributed by atoms with van der Waals surface area (Å²) in [7, 11) is -2.45. The van der Waals surface area contributed by atoms with Gasteiger partial charge in [0.15, 0.2) is 0 Å². The molecule has 3 aromatic carbocycles. The van der Waals surface area contributed by atoms with Crippen LogP contribution in [0.1, 0.15) is 0 Å². The summed E-state index contributed by atoms with van der Waals surface area (Å²) in [5.41, 5.74) is 3.08. The molecule has 4 aromatic rings. The third-order valence-corrected chi connectivity index (χ3v) is 5.85.